The smallest absolute Gasteiger partial charge is 0.408 e. The van der Waals surface area contributed by atoms with E-state index in [1.54, 1.807) is 0 Å². The van der Waals surface area contributed by atoms with Gasteiger partial charge in [0.2, 0.25) is 11.8 Å². The van der Waals surface area contributed by atoms with Crippen LogP contribution in [0.4, 0.5) is 9.59 Å². The molecule has 0 aliphatic carbocycles. The van der Waals surface area contributed by atoms with E-state index >= 15 is 0 Å². The van der Waals surface area contributed by atoms with Crippen molar-refractivity contribution < 1.29 is 33.8 Å². The molecule has 240 valence electrons. The van der Waals surface area contributed by atoms with E-state index in [4.69, 9.17) is 9.47 Å². The van der Waals surface area contributed by atoms with Crippen LogP contribution in [0.2, 0.25) is 0 Å². The first-order valence-electron chi connectivity index (χ1n) is 14.8. The summed E-state index contributed by atoms with van der Waals surface area (Å²) < 4.78 is 10.6. The molecular formula is C32H44N4O7S. The van der Waals surface area contributed by atoms with Gasteiger partial charge in [-0.15, -0.1) is 12.6 Å². The molecule has 0 radical (unpaired) electrons. The second-order valence-electron chi connectivity index (χ2n) is 11.9. The Balaban J connectivity index is 1.61. The highest BCUT2D eigenvalue weighted by Gasteiger charge is 2.47. The average molecular weight is 629 g/mol. The number of nitrogens with one attached hydrogen (secondary N) is 3. The summed E-state index contributed by atoms with van der Waals surface area (Å²) in [5.74, 6) is -0.846. The molecule has 0 spiro atoms. The van der Waals surface area contributed by atoms with Crippen LogP contribution < -0.4 is 16.0 Å². The van der Waals surface area contributed by atoms with Crippen LogP contribution in [0.3, 0.4) is 0 Å². The second kappa shape index (κ2) is 16.3. The van der Waals surface area contributed by atoms with Gasteiger partial charge in [-0.05, 0) is 35.8 Å². The fraction of sp³-hybridized carbons (Fsp3) is 0.500. The third kappa shape index (κ3) is 11.1. The lowest BCUT2D eigenvalue weighted by atomic mass is 10.0. The number of alkyl carbamates (subject to hydrolysis) is 2. The van der Waals surface area contributed by atoms with E-state index in [9.17, 15) is 24.3 Å². The molecule has 0 saturated carbocycles. The van der Waals surface area contributed by atoms with Crippen LogP contribution >= 0.6 is 12.6 Å². The number of rotatable bonds is 13. The Morgan fingerprint density at radius 1 is 0.841 bits per heavy atom. The van der Waals surface area contributed by atoms with Crippen LogP contribution in [0.1, 0.15) is 51.7 Å². The number of amides is 4. The van der Waals surface area contributed by atoms with Gasteiger partial charge in [-0.25, -0.2) is 9.59 Å². The van der Waals surface area contributed by atoms with E-state index in [0.29, 0.717) is 12.8 Å². The zero-order valence-corrected chi connectivity index (χ0v) is 26.6. The number of carbonyl (C=O) groups excluding carboxylic acids is 4. The topological polar surface area (TPSA) is 146 Å². The van der Waals surface area contributed by atoms with Gasteiger partial charge in [-0.2, -0.15) is 0 Å². The third-order valence-electron chi connectivity index (χ3n) is 7.05. The van der Waals surface area contributed by atoms with Crippen molar-refractivity contribution in [1.82, 2.24) is 20.9 Å². The standard InChI is InChI=1S/C32H44N4O7S/c1-21(2)15-25(33-30(39)42-18-23-11-7-5-8-12-23)28(37)35-27-17-36(20-32(27,41)44)29(38)26(16-22(3)4)34-31(40)43-19-24-13-9-6-10-14-24/h5-14,21-22,25-27,41,44H,15-20H2,1-4H3,(H,33,39)(H,34,40)(H,35,37)/t25-,26-,27+,32-/m0/s1. The zero-order chi connectivity index (χ0) is 32.3. The van der Waals surface area contributed by atoms with Crippen molar-refractivity contribution in [2.45, 2.75) is 76.8 Å². The average Bonchev–Trinajstić information content (AvgIpc) is 3.27. The predicted octanol–water partition coefficient (Wildman–Crippen LogP) is 3.61. The minimum atomic E-state index is -1.75. The van der Waals surface area contributed by atoms with E-state index in [0.717, 1.165) is 11.1 Å². The van der Waals surface area contributed by atoms with Crippen LogP contribution in [0, 0.1) is 11.8 Å². The fourth-order valence-electron chi connectivity index (χ4n) is 4.85. The molecule has 1 aliphatic rings. The molecule has 1 fully saturated rings. The highest BCUT2D eigenvalue weighted by molar-refractivity contribution is 7.81. The molecule has 2 aromatic carbocycles. The number of aliphatic hydroxyl groups is 1. The van der Waals surface area contributed by atoms with E-state index in [1.165, 1.54) is 4.90 Å². The zero-order valence-electron chi connectivity index (χ0n) is 25.7. The maximum atomic E-state index is 13.5. The molecule has 11 nitrogen and oxygen atoms in total. The molecule has 1 heterocycles. The molecule has 3 rings (SSSR count). The molecule has 1 aliphatic heterocycles. The first-order chi connectivity index (χ1) is 20.8. The minimum Gasteiger partial charge on any atom is -0.445 e. The number of likely N-dealkylation sites (tertiary alicyclic amines) is 1. The van der Waals surface area contributed by atoms with Crippen molar-refractivity contribution in [3.8, 4) is 0 Å². The Kier molecular flexibility index (Phi) is 12.9. The second-order valence-corrected chi connectivity index (χ2v) is 12.7. The molecule has 4 amide bonds. The Morgan fingerprint density at radius 3 is 1.77 bits per heavy atom. The normalized spacial score (nSPS) is 19.3. The van der Waals surface area contributed by atoms with Gasteiger partial charge < -0.3 is 35.4 Å². The largest absolute Gasteiger partial charge is 0.445 e. The number of hydrogen-bond acceptors (Lipinski definition) is 8. The Labute approximate surface area is 264 Å². The van der Waals surface area contributed by atoms with Crippen LogP contribution in [0.5, 0.6) is 0 Å². The van der Waals surface area contributed by atoms with Gasteiger partial charge >= 0.3 is 12.2 Å². The highest BCUT2D eigenvalue weighted by atomic mass is 32.1. The van der Waals surface area contributed by atoms with E-state index in [1.807, 2.05) is 88.4 Å². The fourth-order valence-corrected chi connectivity index (χ4v) is 5.17. The Hall–Kier alpha value is -3.77. The van der Waals surface area contributed by atoms with Crippen LogP contribution in [-0.4, -0.2) is 70.2 Å². The number of hydrogen-bond donors (Lipinski definition) is 5. The number of nitrogens with zero attached hydrogens (tertiary/aromatic N) is 1. The summed E-state index contributed by atoms with van der Waals surface area (Å²) in [6, 6.07) is 15.5. The Morgan fingerprint density at radius 2 is 1.30 bits per heavy atom. The molecule has 0 aromatic heterocycles. The van der Waals surface area contributed by atoms with Crippen LogP contribution in [0.15, 0.2) is 60.7 Å². The summed E-state index contributed by atoms with van der Waals surface area (Å²) >= 11 is 4.36. The van der Waals surface area contributed by atoms with Crippen molar-refractivity contribution in [2.24, 2.45) is 11.8 Å². The number of ether oxygens (including phenoxy) is 2. The van der Waals surface area contributed by atoms with Crippen molar-refractivity contribution in [1.29, 1.82) is 0 Å². The molecule has 4 N–H and O–H groups in total. The predicted molar refractivity (Wildman–Crippen MR) is 168 cm³/mol. The van der Waals surface area contributed by atoms with Gasteiger partial charge in [0.25, 0.3) is 0 Å². The van der Waals surface area contributed by atoms with Crippen molar-refractivity contribution in [3.63, 3.8) is 0 Å². The number of carbonyl (C=O) groups is 4. The quantitative estimate of drug-likeness (QED) is 0.168. The molecule has 12 heteroatoms. The number of benzene rings is 2. The van der Waals surface area contributed by atoms with Gasteiger partial charge in [0.15, 0.2) is 0 Å². The van der Waals surface area contributed by atoms with Crippen LogP contribution in [-0.2, 0) is 32.3 Å². The molecular weight excluding hydrogens is 584 g/mol. The summed E-state index contributed by atoms with van der Waals surface area (Å²) in [4.78, 5) is 51.6. The molecule has 2 aromatic rings. The van der Waals surface area contributed by atoms with E-state index < -0.39 is 47.1 Å². The van der Waals surface area contributed by atoms with Gasteiger partial charge in [0.05, 0.1) is 12.6 Å². The highest BCUT2D eigenvalue weighted by Crippen LogP contribution is 2.27. The summed E-state index contributed by atoms with van der Waals surface area (Å²) in [6.07, 6.45) is -0.831. The molecule has 0 unspecified atom stereocenters. The van der Waals surface area contributed by atoms with E-state index in [2.05, 4.69) is 28.6 Å². The monoisotopic (exact) mass is 628 g/mol. The number of β-amino-alcohol motifs (C(OH)–C–C–N with tert-alkyl or cyclic N) is 1. The Bertz CT molecular complexity index is 1240. The summed E-state index contributed by atoms with van der Waals surface area (Å²) in [5, 5.41) is 19.1. The van der Waals surface area contributed by atoms with Gasteiger partial charge in [0.1, 0.15) is 30.2 Å². The van der Waals surface area contributed by atoms with E-state index in [-0.39, 0.29) is 38.1 Å². The molecule has 44 heavy (non-hydrogen) atoms. The molecule has 0 bridgehead atoms. The first kappa shape index (κ1) is 34.7. The van der Waals surface area contributed by atoms with Crippen molar-refractivity contribution >= 4 is 36.6 Å². The maximum absolute atomic E-state index is 13.5. The molecule has 1 saturated heterocycles. The third-order valence-corrected chi connectivity index (χ3v) is 7.50. The van der Waals surface area contributed by atoms with Gasteiger partial charge in [-0.1, -0.05) is 88.4 Å². The lowest BCUT2D eigenvalue weighted by molar-refractivity contribution is -0.133. The van der Waals surface area contributed by atoms with Crippen molar-refractivity contribution in [2.75, 3.05) is 13.1 Å². The van der Waals surface area contributed by atoms with Gasteiger partial charge in [0, 0.05) is 6.54 Å². The lowest BCUT2D eigenvalue weighted by Gasteiger charge is -2.27. The lowest BCUT2D eigenvalue weighted by Crippen LogP contribution is -2.55. The SMILES string of the molecule is CC(C)C[C@H](NC(=O)OCc1ccccc1)C(=O)N[C@@H]1CN(C(=O)[C@H](CC(C)C)NC(=O)OCc2ccccc2)C[C@]1(O)S. The summed E-state index contributed by atoms with van der Waals surface area (Å²) in [7, 11) is 0. The van der Waals surface area contributed by atoms with Crippen LogP contribution in [0.25, 0.3) is 0 Å². The van der Waals surface area contributed by atoms with Crippen molar-refractivity contribution in [3.05, 3.63) is 71.8 Å². The summed E-state index contributed by atoms with van der Waals surface area (Å²) in [6.45, 7) is 7.53. The number of thiol groups is 1. The first-order valence-corrected chi connectivity index (χ1v) is 15.3. The molecule has 4 atom stereocenters. The summed E-state index contributed by atoms with van der Waals surface area (Å²) in [5.41, 5.74) is 1.61. The maximum Gasteiger partial charge on any atom is 0.408 e. The minimum absolute atomic E-state index is 0.0458. The van der Waals surface area contributed by atoms with Gasteiger partial charge in [-0.3, -0.25) is 9.59 Å².